The fourth-order valence-electron chi connectivity index (χ4n) is 0.586. The first-order valence-electron chi connectivity index (χ1n) is 3.57. The molecule has 0 spiro atoms. The molecule has 0 fully saturated rings. The zero-order chi connectivity index (χ0) is 9.56. The number of nitrogens with zero attached hydrogens (tertiary/aromatic N) is 2. The molecule has 0 unspecified atom stereocenters. The lowest BCUT2D eigenvalue weighted by Gasteiger charge is -2.05. The number of carbonyl (C=O) groups is 1. The first-order valence-corrected chi connectivity index (χ1v) is 3.57. The standard InChI is InChI=1S/C8H14N2O2/c1-7(2)9-10(3)6-5-8(11)12-4/h5-6H,1-4H3/b6-5+. The minimum Gasteiger partial charge on any atom is -0.466 e. The Morgan fingerprint density at radius 2 is 2.08 bits per heavy atom. The molecule has 0 saturated heterocycles. The predicted octanol–water partition coefficient (Wildman–Crippen LogP) is 1.00. The SMILES string of the molecule is COC(=O)/C=C/N(C)N=C(C)C. The van der Waals surface area contributed by atoms with Crippen molar-refractivity contribution in [3.63, 3.8) is 0 Å². The number of esters is 1. The van der Waals surface area contributed by atoms with Gasteiger partial charge in [0.15, 0.2) is 0 Å². The van der Waals surface area contributed by atoms with E-state index in [4.69, 9.17) is 0 Å². The van der Waals surface area contributed by atoms with Crippen molar-refractivity contribution >= 4 is 11.7 Å². The van der Waals surface area contributed by atoms with Crippen LogP contribution >= 0.6 is 0 Å². The third-order valence-electron chi connectivity index (χ3n) is 0.985. The van der Waals surface area contributed by atoms with Crippen molar-refractivity contribution in [1.29, 1.82) is 0 Å². The molecular formula is C8H14N2O2. The van der Waals surface area contributed by atoms with E-state index in [-0.39, 0.29) is 5.97 Å². The van der Waals surface area contributed by atoms with Crippen molar-refractivity contribution in [1.82, 2.24) is 5.01 Å². The number of methoxy groups -OCH3 is 1. The summed E-state index contributed by atoms with van der Waals surface area (Å²) in [5, 5.41) is 5.59. The highest BCUT2D eigenvalue weighted by atomic mass is 16.5. The largest absolute Gasteiger partial charge is 0.466 e. The average molecular weight is 170 g/mol. The summed E-state index contributed by atoms with van der Waals surface area (Å²) in [7, 11) is 3.08. The lowest BCUT2D eigenvalue weighted by molar-refractivity contribution is -0.134. The number of rotatable bonds is 3. The van der Waals surface area contributed by atoms with Gasteiger partial charge in [-0.05, 0) is 13.8 Å². The van der Waals surface area contributed by atoms with Crippen LogP contribution in [0.2, 0.25) is 0 Å². The van der Waals surface area contributed by atoms with Crippen LogP contribution in [0.1, 0.15) is 13.8 Å². The second-order valence-corrected chi connectivity index (χ2v) is 2.46. The molecule has 0 rings (SSSR count). The van der Waals surface area contributed by atoms with Gasteiger partial charge in [0.05, 0.1) is 7.11 Å². The van der Waals surface area contributed by atoms with Crippen molar-refractivity contribution in [2.75, 3.05) is 14.2 Å². The fraction of sp³-hybridized carbons (Fsp3) is 0.500. The van der Waals surface area contributed by atoms with E-state index in [0.717, 1.165) is 5.71 Å². The van der Waals surface area contributed by atoms with E-state index in [1.165, 1.54) is 13.2 Å². The number of ether oxygens (including phenoxy) is 1. The maximum absolute atomic E-state index is 10.6. The molecule has 4 heteroatoms. The van der Waals surface area contributed by atoms with Crippen LogP contribution in [0.15, 0.2) is 17.4 Å². The van der Waals surface area contributed by atoms with E-state index in [0.29, 0.717) is 0 Å². The highest BCUT2D eigenvalue weighted by Gasteiger charge is 1.91. The molecule has 4 nitrogen and oxygen atoms in total. The third-order valence-corrected chi connectivity index (χ3v) is 0.985. The molecule has 0 saturated carbocycles. The summed E-state index contributed by atoms with van der Waals surface area (Å²) in [5.74, 6) is -0.384. The van der Waals surface area contributed by atoms with Gasteiger partial charge in [-0.2, -0.15) is 5.10 Å². The van der Waals surface area contributed by atoms with Gasteiger partial charge < -0.3 is 4.74 Å². The van der Waals surface area contributed by atoms with Crippen LogP contribution in [0.4, 0.5) is 0 Å². The van der Waals surface area contributed by atoms with Crippen molar-refractivity contribution in [3.8, 4) is 0 Å². The Morgan fingerprint density at radius 1 is 1.50 bits per heavy atom. The van der Waals surface area contributed by atoms with Gasteiger partial charge in [-0.25, -0.2) is 4.79 Å². The summed E-state index contributed by atoms with van der Waals surface area (Å²) in [6.45, 7) is 3.75. The number of hydrogen-bond acceptors (Lipinski definition) is 4. The molecule has 68 valence electrons. The average Bonchev–Trinajstić information content (AvgIpc) is 1.99. The van der Waals surface area contributed by atoms with Crippen LogP contribution in [0, 0.1) is 0 Å². The minimum atomic E-state index is -0.384. The number of carbonyl (C=O) groups excluding carboxylic acids is 1. The topological polar surface area (TPSA) is 41.9 Å². The van der Waals surface area contributed by atoms with Gasteiger partial charge in [0.1, 0.15) is 0 Å². The Kier molecular flexibility index (Phi) is 4.76. The van der Waals surface area contributed by atoms with Crippen LogP contribution in [-0.4, -0.2) is 30.8 Å². The summed E-state index contributed by atoms with van der Waals surface area (Å²) in [6, 6.07) is 0. The first kappa shape index (κ1) is 10.7. The van der Waals surface area contributed by atoms with Gasteiger partial charge in [0.2, 0.25) is 0 Å². The van der Waals surface area contributed by atoms with Gasteiger partial charge in [0.25, 0.3) is 0 Å². The Morgan fingerprint density at radius 3 is 2.50 bits per heavy atom. The lowest BCUT2D eigenvalue weighted by atomic mass is 10.5. The van der Waals surface area contributed by atoms with E-state index in [9.17, 15) is 4.79 Å². The van der Waals surface area contributed by atoms with Crippen LogP contribution < -0.4 is 0 Å². The summed E-state index contributed by atoms with van der Waals surface area (Å²) < 4.78 is 4.40. The quantitative estimate of drug-likeness (QED) is 0.274. The summed E-state index contributed by atoms with van der Waals surface area (Å²) in [4.78, 5) is 10.6. The zero-order valence-electron chi connectivity index (χ0n) is 7.87. The molecule has 0 amide bonds. The molecule has 12 heavy (non-hydrogen) atoms. The molecule has 0 aliphatic carbocycles. The molecule has 0 atom stereocenters. The van der Waals surface area contributed by atoms with Crippen LogP contribution in [0.5, 0.6) is 0 Å². The van der Waals surface area contributed by atoms with E-state index in [2.05, 4.69) is 9.84 Å². The summed E-state index contributed by atoms with van der Waals surface area (Å²) >= 11 is 0. The van der Waals surface area contributed by atoms with Gasteiger partial charge in [-0.3, -0.25) is 5.01 Å². The smallest absolute Gasteiger partial charge is 0.332 e. The fourth-order valence-corrected chi connectivity index (χ4v) is 0.586. The molecule has 0 N–H and O–H groups in total. The molecule has 0 aliphatic rings. The second kappa shape index (κ2) is 5.35. The Bertz CT molecular complexity index is 205. The van der Waals surface area contributed by atoms with Crippen molar-refractivity contribution in [3.05, 3.63) is 12.3 Å². The monoisotopic (exact) mass is 170 g/mol. The maximum Gasteiger partial charge on any atom is 0.332 e. The molecule has 0 bridgehead atoms. The minimum absolute atomic E-state index is 0.384. The molecule has 0 aromatic heterocycles. The van der Waals surface area contributed by atoms with Crippen LogP contribution in [0.3, 0.4) is 0 Å². The van der Waals surface area contributed by atoms with Gasteiger partial charge in [-0.1, -0.05) is 0 Å². The summed E-state index contributed by atoms with van der Waals surface area (Å²) in [6.07, 6.45) is 2.85. The van der Waals surface area contributed by atoms with Gasteiger partial charge in [0, 0.05) is 25.0 Å². The molecule has 0 aromatic carbocycles. The predicted molar refractivity (Wildman–Crippen MR) is 47.7 cm³/mol. The van der Waals surface area contributed by atoms with Crippen LogP contribution in [-0.2, 0) is 9.53 Å². The van der Waals surface area contributed by atoms with Gasteiger partial charge in [-0.15, -0.1) is 0 Å². The molecule has 0 aromatic rings. The Balaban J connectivity index is 4.00. The van der Waals surface area contributed by atoms with Crippen LogP contribution in [0.25, 0.3) is 0 Å². The van der Waals surface area contributed by atoms with Crippen molar-refractivity contribution < 1.29 is 9.53 Å². The molecule has 0 aliphatic heterocycles. The Hall–Kier alpha value is -1.32. The Labute approximate surface area is 72.5 Å². The van der Waals surface area contributed by atoms with Crippen molar-refractivity contribution in [2.24, 2.45) is 5.10 Å². The normalized spacial score (nSPS) is 9.67. The maximum atomic E-state index is 10.6. The van der Waals surface area contributed by atoms with E-state index >= 15 is 0 Å². The number of hydrogen-bond donors (Lipinski definition) is 0. The molecule has 0 radical (unpaired) electrons. The lowest BCUT2D eigenvalue weighted by Crippen LogP contribution is -2.05. The summed E-state index contributed by atoms with van der Waals surface area (Å²) in [5.41, 5.74) is 0.923. The highest BCUT2D eigenvalue weighted by molar-refractivity contribution is 5.81. The van der Waals surface area contributed by atoms with Crippen molar-refractivity contribution in [2.45, 2.75) is 13.8 Å². The van der Waals surface area contributed by atoms with E-state index in [1.54, 1.807) is 18.3 Å². The molecule has 0 heterocycles. The first-order chi connectivity index (χ1) is 5.56. The number of hydrazone groups is 1. The van der Waals surface area contributed by atoms with E-state index in [1.807, 2.05) is 13.8 Å². The van der Waals surface area contributed by atoms with Gasteiger partial charge >= 0.3 is 5.97 Å². The highest BCUT2D eigenvalue weighted by Crippen LogP contribution is 1.88. The molecular weight excluding hydrogens is 156 g/mol. The zero-order valence-corrected chi connectivity index (χ0v) is 7.87. The second-order valence-electron chi connectivity index (χ2n) is 2.46. The van der Waals surface area contributed by atoms with E-state index < -0.39 is 0 Å². The third kappa shape index (κ3) is 5.46.